The summed E-state index contributed by atoms with van der Waals surface area (Å²) < 4.78 is 4.93. The summed E-state index contributed by atoms with van der Waals surface area (Å²) in [5.41, 5.74) is 1.71. The number of aryl methyl sites for hydroxylation is 1. The Balaban J connectivity index is 2.48. The van der Waals surface area contributed by atoms with Crippen molar-refractivity contribution in [3.8, 4) is 0 Å². The van der Waals surface area contributed by atoms with Crippen LogP contribution in [-0.4, -0.2) is 23.3 Å². The molecule has 1 unspecified atom stereocenters. The average molecular weight is 301 g/mol. The number of pyridine rings is 1. The molecule has 22 heavy (non-hydrogen) atoms. The van der Waals surface area contributed by atoms with Crippen LogP contribution in [0.3, 0.4) is 0 Å². The van der Waals surface area contributed by atoms with Gasteiger partial charge in [-0.2, -0.15) is 0 Å². The van der Waals surface area contributed by atoms with Crippen LogP contribution in [0.5, 0.6) is 0 Å². The van der Waals surface area contributed by atoms with Gasteiger partial charge in [-0.25, -0.2) is 0 Å². The average Bonchev–Trinajstić information content (AvgIpc) is 2.47. The van der Waals surface area contributed by atoms with Crippen LogP contribution in [0.1, 0.15) is 25.1 Å². The molecule has 0 amide bonds. The summed E-state index contributed by atoms with van der Waals surface area (Å²) in [6.07, 6.45) is 0.0557. The number of hydrogen-bond acceptors (Lipinski definition) is 4. The number of carbonyl (C=O) groups is 2. The van der Waals surface area contributed by atoms with Gasteiger partial charge in [-0.05, 0) is 39.3 Å². The Morgan fingerprint density at radius 3 is 2.59 bits per heavy atom. The lowest BCUT2D eigenvalue weighted by Crippen LogP contribution is -2.29. The van der Waals surface area contributed by atoms with Crippen molar-refractivity contribution in [3.63, 3.8) is 0 Å². The number of hydrogen-bond donors (Lipinski definition) is 1. The highest BCUT2D eigenvalue weighted by molar-refractivity contribution is 5.98. The number of rotatable bonds is 5. The van der Waals surface area contributed by atoms with Crippen LogP contribution in [0.25, 0.3) is 10.9 Å². The van der Waals surface area contributed by atoms with Crippen molar-refractivity contribution < 1.29 is 14.3 Å². The Morgan fingerprint density at radius 2 is 1.95 bits per heavy atom. The Bertz CT molecular complexity index is 776. The quantitative estimate of drug-likeness (QED) is 0.678. The maximum Gasteiger partial charge on any atom is 0.316 e. The minimum absolute atomic E-state index is 0.0557. The van der Waals surface area contributed by atoms with Crippen molar-refractivity contribution >= 4 is 22.7 Å². The van der Waals surface area contributed by atoms with Gasteiger partial charge in [-0.15, -0.1) is 0 Å². The van der Waals surface area contributed by atoms with Crippen molar-refractivity contribution in [1.82, 2.24) is 4.98 Å². The Labute approximate surface area is 128 Å². The van der Waals surface area contributed by atoms with E-state index in [9.17, 15) is 14.4 Å². The molecule has 0 saturated heterocycles. The first-order valence-corrected chi connectivity index (χ1v) is 7.23. The van der Waals surface area contributed by atoms with Crippen LogP contribution in [0.15, 0.2) is 29.1 Å². The fourth-order valence-corrected chi connectivity index (χ4v) is 2.49. The Hall–Kier alpha value is -2.43. The van der Waals surface area contributed by atoms with Gasteiger partial charge in [0.15, 0.2) is 5.43 Å². The molecule has 1 heterocycles. The van der Waals surface area contributed by atoms with E-state index in [1.165, 1.54) is 6.92 Å². The van der Waals surface area contributed by atoms with E-state index >= 15 is 0 Å². The highest BCUT2D eigenvalue weighted by Crippen LogP contribution is 2.16. The van der Waals surface area contributed by atoms with Crippen molar-refractivity contribution in [3.05, 3.63) is 45.7 Å². The molecule has 0 aliphatic carbocycles. The number of esters is 1. The van der Waals surface area contributed by atoms with Crippen molar-refractivity contribution in [1.29, 1.82) is 0 Å². The molecule has 0 aliphatic heterocycles. The van der Waals surface area contributed by atoms with E-state index in [1.807, 2.05) is 12.1 Å². The Kier molecular flexibility index (Phi) is 4.75. The summed E-state index contributed by atoms with van der Waals surface area (Å²) in [7, 11) is 0. The molecule has 0 fully saturated rings. The van der Waals surface area contributed by atoms with E-state index in [0.29, 0.717) is 16.6 Å². The minimum atomic E-state index is -0.944. The first kappa shape index (κ1) is 15.9. The molecule has 116 valence electrons. The standard InChI is InChI=1S/C17H19NO4/c1-4-22-17(21)14(11(3)19)9-13-10(2)18-15-8-6-5-7-12(15)16(13)20/h5-8,14H,4,9H2,1-3H3,(H,18,20). The van der Waals surface area contributed by atoms with Crippen LogP contribution < -0.4 is 5.43 Å². The number of Topliss-reactive ketones (excluding diaryl/α,β-unsaturated/α-hetero) is 1. The molecule has 0 saturated carbocycles. The van der Waals surface area contributed by atoms with E-state index in [1.54, 1.807) is 26.0 Å². The van der Waals surface area contributed by atoms with Gasteiger partial charge in [0, 0.05) is 22.2 Å². The monoisotopic (exact) mass is 301 g/mol. The van der Waals surface area contributed by atoms with Gasteiger partial charge in [-0.1, -0.05) is 12.1 Å². The second-order valence-corrected chi connectivity index (χ2v) is 5.22. The number of fused-ring (bicyclic) bond motifs is 1. The van der Waals surface area contributed by atoms with Crippen molar-refractivity contribution in [2.45, 2.75) is 27.2 Å². The smallest absolute Gasteiger partial charge is 0.316 e. The fraction of sp³-hybridized carbons (Fsp3) is 0.353. The van der Waals surface area contributed by atoms with Gasteiger partial charge < -0.3 is 9.72 Å². The SMILES string of the molecule is CCOC(=O)C(Cc1c(C)[nH]c2ccccc2c1=O)C(C)=O. The molecule has 2 rings (SSSR count). The lowest BCUT2D eigenvalue weighted by atomic mass is 9.94. The van der Waals surface area contributed by atoms with E-state index in [4.69, 9.17) is 4.74 Å². The van der Waals surface area contributed by atoms with Gasteiger partial charge in [0.25, 0.3) is 0 Å². The number of carbonyl (C=O) groups excluding carboxylic acids is 2. The third kappa shape index (κ3) is 3.08. The molecule has 0 aliphatic rings. The molecular weight excluding hydrogens is 282 g/mol. The molecule has 0 bridgehead atoms. The molecule has 1 aromatic carbocycles. The van der Waals surface area contributed by atoms with Crippen LogP contribution >= 0.6 is 0 Å². The van der Waals surface area contributed by atoms with E-state index in [2.05, 4.69) is 4.98 Å². The third-order valence-electron chi connectivity index (χ3n) is 3.69. The molecule has 5 nitrogen and oxygen atoms in total. The molecular formula is C17H19NO4. The number of aromatic nitrogens is 1. The molecule has 1 N–H and O–H groups in total. The van der Waals surface area contributed by atoms with Gasteiger partial charge in [0.05, 0.1) is 6.61 Å². The van der Waals surface area contributed by atoms with Gasteiger partial charge in [-0.3, -0.25) is 14.4 Å². The number of nitrogens with one attached hydrogen (secondary N) is 1. The van der Waals surface area contributed by atoms with Gasteiger partial charge >= 0.3 is 5.97 Å². The number of ketones is 1. The lowest BCUT2D eigenvalue weighted by molar-refractivity contribution is -0.151. The largest absolute Gasteiger partial charge is 0.465 e. The maximum absolute atomic E-state index is 12.6. The summed E-state index contributed by atoms with van der Waals surface area (Å²) in [6.45, 7) is 5.00. The summed E-state index contributed by atoms with van der Waals surface area (Å²) in [6, 6.07) is 7.17. The lowest BCUT2D eigenvalue weighted by Gasteiger charge is -2.14. The van der Waals surface area contributed by atoms with E-state index < -0.39 is 11.9 Å². The van der Waals surface area contributed by atoms with Crippen molar-refractivity contribution in [2.24, 2.45) is 5.92 Å². The van der Waals surface area contributed by atoms with Crippen LogP contribution in [0.4, 0.5) is 0 Å². The molecule has 1 atom stereocenters. The van der Waals surface area contributed by atoms with E-state index in [-0.39, 0.29) is 24.2 Å². The van der Waals surface area contributed by atoms with Crippen LogP contribution in [0.2, 0.25) is 0 Å². The first-order valence-electron chi connectivity index (χ1n) is 7.23. The number of benzene rings is 1. The van der Waals surface area contributed by atoms with Crippen molar-refractivity contribution in [2.75, 3.05) is 6.61 Å². The summed E-state index contributed by atoms with van der Waals surface area (Å²) in [4.78, 5) is 39.4. The first-order chi connectivity index (χ1) is 10.5. The minimum Gasteiger partial charge on any atom is -0.465 e. The molecule has 0 spiro atoms. The summed E-state index contributed by atoms with van der Waals surface area (Å²) >= 11 is 0. The summed E-state index contributed by atoms with van der Waals surface area (Å²) in [5.74, 6) is -1.83. The zero-order valence-corrected chi connectivity index (χ0v) is 12.9. The van der Waals surface area contributed by atoms with Crippen LogP contribution in [0, 0.1) is 12.8 Å². The number of H-pyrrole nitrogens is 1. The number of para-hydroxylation sites is 1. The maximum atomic E-state index is 12.6. The molecule has 1 aromatic heterocycles. The predicted molar refractivity (Wildman–Crippen MR) is 83.8 cm³/mol. The highest BCUT2D eigenvalue weighted by Gasteiger charge is 2.27. The zero-order valence-electron chi connectivity index (χ0n) is 12.9. The third-order valence-corrected chi connectivity index (χ3v) is 3.69. The van der Waals surface area contributed by atoms with Gasteiger partial charge in [0.1, 0.15) is 11.7 Å². The number of ether oxygens (including phenoxy) is 1. The van der Waals surface area contributed by atoms with E-state index in [0.717, 1.165) is 5.52 Å². The Morgan fingerprint density at radius 1 is 1.27 bits per heavy atom. The second kappa shape index (κ2) is 6.56. The summed E-state index contributed by atoms with van der Waals surface area (Å²) in [5, 5.41) is 0.550. The number of aromatic amines is 1. The topological polar surface area (TPSA) is 76.2 Å². The zero-order chi connectivity index (χ0) is 16.3. The second-order valence-electron chi connectivity index (χ2n) is 5.22. The fourth-order valence-electron chi connectivity index (χ4n) is 2.49. The predicted octanol–water partition coefficient (Wildman–Crippen LogP) is 2.15. The molecule has 2 aromatic rings. The molecule has 0 radical (unpaired) electrons. The molecule has 5 heteroatoms. The van der Waals surface area contributed by atoms with Gasteiger partial charge in [0.2, 0.25) is 0 Å². The van der Waals surface area contributed by atoms with Crippen LogP contribution in [-0.2, 0) is 20.7 Å². The normalized spacial score (nSPS) is 12.1. The highest BCUT2D eigenvalue weighted by atomic mass is 16.5.